The van der Waals surface area contributed by atoms with E-state index < -0.39 is 11.9 Å². The Kier molecular flexibility index (Phi) is 4.08. The molecular weight excluding hydrogens is 210 g/mol. The fourth-order valence-electron chi connectivity index (χ4n) is 0.997. The first-order chi connectivity index (χ1) is 7.65. The van der Waals surface area contributed by atoms with Crippen molar-refractivity contribution in [1.82, 2.24) is 5.32 Å². The van der Waals surface area contributed by atoms with Crippen LogP contribution in [0.1, 0.15) is 10.4 Å². The van der Waals surface area contributed by atoms with E-state index in [9.17, 15) is 14.7 Å². The third-order valence-corrected chi connectivity index (χ3v) is 1.78. The topological polar surface area (TPSA) is 75.6 Å². The zero-order valence-corrected chi connectivity index (χ0v) is 8.64. The number of carbonyl (C=O) groups excluding carboxylic acids is 2. The summed E-state index contributed by atoms with van der Waals surface area (Å²) < 4.78 is 4.34. The number of methoxy groups -OCH3 is 1. The highest BCUT2D eigenvalue weighted by Crippen LogP contribution is 2.14. The Morgan fingerprint density at radius 2 is 2.06 bits per heavy atom. The first-order valence-electron chi connectivity index (χ1n) is 4.48. The van der Waals surface area contributed by atoms with E-state index in [0.717, 1.165) is 12.3 Å². The van der Waals surface area contributed by atoms with Crippen LogP contribution in [0.4, 0.5) is 0 Å². The van der Waals surface area contributed by atoms with Gasteiger partial charge in [0.2, 0.25) is 0 Å². The number of esters is 1. The Morgan fingerprint density at radius 3 is 2.69 bits per heavy atom. The largest absolute Gasteiger partial charge is 0.507 e. The van der Waals surface area contributed by atoms with Crippen molar-refractivity contribution < 1.29 is 19.4 Å². The predicted octanol–water partition coefficient (Wildman–Crippen LogP) is 0.809. The number of hydrogen-bond donors (Lipinski definition) is 2. The molecular formula is C11H11NO4. The molecule has 0 spiro atoms. The molecule has 0 aliphatic carbocycles. The fraction of sp³-hybridized carbons (Fsp3) is 0.0909. The zero-order chi connectivity index (χ0) is 12.0. The SMILES string of the molecule is COC(=O)/C=C\NC(=O)c1ccccc1O. The minimum atomic E-state index is -0.572. The number of hydrogen-bond acceptors (Lipinski definition) is 4. The minimum absolute atomic E-state index is 0.119. The van der Waals surface area contributed by atoms with Gasteiger partial charge >= 0.3 is 5.97 Å². The van der Waals surface area contributed by atoms with Crippen LogP contribution in [-0.4, -0.2) is 24.1 Å². The number of amides is 1. The molecule has 0 heterocycles. The van der Waals surface area contributed by atoms with Crippen LogP contribution in [0.5, 0.6) is 5.75 Å². The van der Waals surface area contributed by atoms with Crippen LogP contribution in [0.2, 0.25) is 0 Å². The van der Waals surface area contributed by atoms with Gasteiger partial charge in [0.1, 0.15) is 5.75 Å². The summed E-state index contributed by atoms with van der Waals surface area (Å²) in [6.45, 7) is 0. The van der Waals surface area contributed by atoms with Crippen molar-refractivity contribution in [2.24, 2.45) is 0 Å². The molecule has 0 radical (unpaired) electrons. The maximum atomic E-state index is 11.5. The summed E-state index contributed by atoms with van der Waals surface area (Å²) >= 11 is 0. The monoisotopic (exact) mass is 221 g/mol. The van der Waals surface area contributed by atoms with Crippen molar-refractivity contribution in [2.75, 3.05) is 7.11 Å². The van der Waals surface area contributed by atoms with E-state index in [1.54, 1.807) is 12.1 Å². The zero-order valence-electron chi connectivity index (χ0n) is 8.64. The van der Waals surface area contributed by atoms with E-state index in [2.05, 4.69) is 10.1 Å². The molecule has 0 fully saturated rings. The number of phenols is 1. The van der Waals surface area contributed by atoms with Crippen LogP contribution in [0, 0.1) is 0 Å². The number of phenolic OH excluding ortho intramolecular Hbond substituents is 1. The molecule has 5 nitrogen and oxygen atoms in total. The van der Waals surface area contributed by atoms with E-state index in [-0.39, 0.29) is 11.3 Å². The first kappa shape index (κ1) is 11.8. The normalized spacial score (nSPS) is 10.1. The molecule has 0 atom stereocenters. The molecule has 2 N–H and O–H groups in total. The van der Waals surface area contributed by atoms with Gasteiger partial charge in [-0.2, -0.15) is 0 Å². The van der Waals surface area contributed by atoms with Gasteiger partial charge < -0.3 is 15.2 Å². The van der Waals surface area contributed by atoms with Crippen molar-refractivity contribution in [3.63, 3.8) is 0 Å². The molecule has 16 heavy (non-hydrogen) atoms. The Hall–Kier alpha value is -2.30. The third kappa shape index (κ3) is 3.13. The van der Waals surface area contributed by atoms with Gasteiger partial charge in [0.05, 0.1) is 12.7 Å². The number of ether oxygens (including phenoxy) is 1. The maximum Gasteiger partial charge on any atom is 0.331 e. The summed E-state index contributed by atoms with van der Waals surface area (Å²) in [5.41, 5.74) is 0.136. The summed E-state index contributed by atoms with van der Waals surface area (Å²) in [6, 6.07) is 6.10. The van der Waals surface area contributed by atoms with Crippen molar-refractivity contribution in [3.05, 3.63) is 42.1 Å². The number of para-hydroxylation sites is 1. The number of aromatic hydroxyl groups is 1. The van der Waals surface area contributed by atoms with Gasteiger partial charge in [0.25, 0.3) is 5.91 Å². The van der Waals surface area contributed by atoms with Crippen LogP contribution >= 0.6 is 0 Å². The average molecular weight is 221 g/mol. The molecule has 0 saturated carbocycles. The van der Waals surface area contributed by atoms with Gasteiger partial charge in [0.15, 0.2) is 0 Å². The molecule has 1 aromatic rings. The Balaban J connectivity index is 2.64. The second-order valence-corrected chi connectivity index (χ2v) is 2.85. The summed E-state index contributed by atoms with van der Waals surface area (Å²) in [5, 5.41) is 11.7. The molecule has 1 amide bonds. The van der Waals surface area contributed by atoms with Crippen LogP contribution in [0.15, 0.2) is 36.5 Å². The summed E-state index contributed by atoms with van der Waals surface area (Å²) in [4.78, 5) is 22.1. The lowest BCUT2D eigenvalue weighted by Gasteiger charge is -2.01. The van der Waals surface area contributed by atoms with Crippen molar-refractivity contribution in [1.29, 1.82) is 0 Å². The Bertz CT molecular complexity index is 426. The second kappa shape index (κ2) is 5.55. The fourth-order valence-corrected chi connectivity index (χ4v) is 0.997. The molecule has 0 unspecified atom stereocenters. The molecule has 0 saturated heterocycles. The van der Waals surface area contributed by atoms with Crippen molar-refractivity contribution in [3.8, 4) is 5.75 Å². The summed E-state index contributed by atoms with van der Waals surface area (Å²) in [6.07, 6.45) is 2.22. The molecule has 84 valence electrons. The van der Waals surface area contributed by atoms with Crippen molar-refractivity contribution in [2.45, 2.75) is 0 Å². The Labute approximate surface area is 92.3 Å². The van der Waals surface area contributed by atoms with Gasteiger partial charge in [-0.15, -0.1) is 0 Å². The van der Waals surface area contributed by atoms with E-state index in [1.807, 2.05) is 0 Å². The van der Waals surface area contributed by atoms with E-state index in [0.29, 0.717) is 0 Å². The number of nitrogens with one attached hydrogen (secondary N) is 1. The average Bonchev–Trinajstić information content (AvgIpc) is 2.29. The van der Waals surface area contributed by atoms with Crippen LogP contribution in [-0.2, 0) is 9.53 Å². The van der Waals surface area contributed by atoms with Crippen LogP contribution in [0.25, 0.3) is 0 Å². The van der Waals surface area contributed by atoms with Crippen LogP contribution in [0.3, 0.4) is 0 Å². The maximum absolute atomic E-state index is 11.5. The number of benzene rings is 1. The first-order valence-corrected chi connectivity index (χ1v) is 4.48. The molecule has 1 aromatic carbocycles. The summed E-state index contributed by atoms with van der Waals surface area (Å²) in [7, 11) is 1.23. The molecule has 0 aliphatic rings. The second-order valence-electron chi connectivity index (χ2n) is 2.85. The summed E-state index contributed by atoms with van der Waals surface area (Å²) in [5.74, 6) is -1.19. The molecule has 1 rings (SSSR count). The van der Waals surface area contributed by atoms with Gasteiger partial charge in [-0.05, 0) is 12.1 Å². The molecule has 0 bridgehead atoms. The molecule has 0 aromatic heterocycles. The standard InChI is InChI=1S/C11H11NO4/c1-16-10(14)6-7-12-11(15)8-4-2-3-5-9(8)13/h2-7,13H,1H3,(H,12,15)/b7-6-. The lowest BCUT2D eigenvalue weighted by atomic mass is 10.2. The van der Waals surface area contributed by atoms with E-state index in [1.165, 1.54) is 19.2 Å². The lowest BCUT2D eigenvalue weighted by molar-refractivity contribution is -0.134. The van der Waals surface area contributed by atoms with Gasteiger partial charge in [-0.3, -0.25) is 4.79 Å². The number of rotatable bonds is 3. The van der Waals surface area contributed by atoms with Gasteiger partial charge in [-0.1, -0.05) is 12.1 Å². The number of carbonyl (C=O) groups is 2. The van der Waals surface area contributed by atoms with Gasteiger partial charge in [0, 0.05) is 12.3 Å². The highest BCUT2D eigenvalue weighted by Gasteiger charge is 2.07. The highest BCUT2D eigenvalue weighted by atomic mass is 16.5. The Morgan fingerprint density at radius 1 is 1.38 bits per heavy atom. The van der Waals surface area contributed by atoms with Gasteiger partial charge in [-0.25, -0.2) is 4.79 Å². The van der Waals surface area contributed by atoms with Crippen LogP contribution < -0.4 is 5.32 Å². The minimum Gasteiger partial charge on any atom is -0.507 e. The lowest BCUT2D eigenvalue weighted by Crippen LogP contribution is -2.17. The predicted molar refractivity (Wildman–Crippen MR) is 56.7 cm³/mol. The van der Waals surface area contributed by atoms with E-state index in [4.69, 9.17) is 0 Å². The smallest absolute Gasteiger partial charge is 0.331 e. The van der Waals surface area contributed by atoms with E-state index >= 15 is 0 Å². The third-order valence-electron chi connectivity index (χ3n) is 1.78. The quantitative estimate of drug-likeness (QED) is 0.585. The van der Waals surface area contributed by atoms with Crippen molar-refractivity contribution >= 4 is 11.9 Å². The molecule has 5 heteroatoms. The highest BCUT2D eigenvalue weighted by molar-refractivity contribution is 5.97. The molecule has 0 aliphatic heterocycles.